The first-order valence-electron chi connectivity index (χ1n) is 30.3. The maximum atomic E-state index is 2.99. The summed E-state index contributed by atoms with van der Waals surface area (Å²) in [5, 5.41) is 2.76. The van der Waals surface area contributed by atoms with Crippen LogP contribution >= 0.6 is 11.3 Å². The summed E-state index contributed by atoms with van der Waals surface area (Å²) in [6.07, 6.45) is 9.70. The van der Waals surface area contributed by atoms with Gasteiger partial charge in [-0.3, -0.25) is 0 Å². The zero-order valence-electron chi connectivity index (χ0n) is 50.5. The highest BCUT2D eigenvalue weighted by Gasteiger charge is 2.63. The molecule has 0 N–H and O–H groups in total. The Balaban J connectivity index is 1.16. The van der Waals surface area contributed by atoms with Gasteiger partial charge in [0.05, 0.1) is 16.8 Å². The number of anilines is 7. The molecule has 404 valence electrons. The molecule has 4 aliphatic heterocycles. The average molecular weight is 1060 g/mol. The first-order valence-corrected chi connectivity index (χ1v) is 31.1. The number of thiophene rings is 1. The van der Waals surface area contributed by atoms with Crippen molar-refractivity contribution in [3.8, 4) is 11.1 Å². The quantitative estimate of drug-likeness (QED) is 0.163. The Bertz CT molecular complexity index is 3890. The van der Waals surface area contributed by atoms with Crippen LogP contribution in [-0.2, 0) is 32.5 Å². The number of nitrogens with zero attached hydrogens (tertiary/aromatic N) is 3. The summed E-state index contributed by atoms with van der Waals surface area (Å²) in [4.78, 5) is 8.67. The standard InChI is InChI=1S/C74H84BN3S/c1-67(2,3)46-26-29-58(51(36-46)45-24-18-17-19-25-45)76-60-44-64-53(52-37-47(68(4,5)6)28-31-63(52)79-64)43-56(60)75-57-40-49(70(10,11)12)39-55-66(57)78(74(16)35-23-21-33-72(55,74)14)62-42-50(41-61(76)65(62)75)77-59-30-27-48(69(7,8)9)38-54(59)71(13)32-20-22-34-73(71,77)15/h17-19,24-31,36-44H,20-23,32-35H2,1-16H3. The molecule has 7 aromatic carbocycles. The number of hydrogen-bond acceptors (Lipinski definition) is 4. The lowest BCUT2D eigenvalue weighted by Crippen LogP contribution is -2.64. The fourth-order valence-electron chi connectivity index (χ4n) is 16.5. The second-order valence-electron chi connectivity index (χ2n) is 30.5. The monoisotopic (exact) mass is 1060 g/mol. The molecule has 2 aliphatic carbocycles. The molecule has 2 saturated carbocycles. The smallest absolute Gasteiger partial charge is 0.252 e. The molecule has 2 fully saturated rings. The maximum absolute atomic E-state index is 2.99. The SMILES string of the molecule is CC(C)(C)c1ccc(N2c3cc4sc5ccc(C(C)(C)C)cc5c4cc3B3c4cc(C(C)(C)C)cc5c4N(c4cc(N6c7ccc(C(C)(C)C)cc7C7(C)CCCCC67C)cc2c43)C2(C)CCCCC52C)c(-c2ccccc2)c1. The number of benzene rings is 7. The van der Waals surface area contributed by atoms with Gasteiger partial charge in [-0.2, -0.15) is 0 Å². The summed E-state index contributed by atoms with van der Waals surface area (Å²) < 4.78 is 2.71. The molecule has 0 radical (unpaired) electrons. The Morgan fingerprint density at radius 1 is 0.430 bits per heavy atom. The molecule has 5 heteroatoms. The van der Waals surface area contributed by atoms with Crippen LogP contribution in [0.3, 0.4) is 0 Å². The van der Waals surface area contributed by atoms with Crippen molar-refractivity contribution in [2.24, 2.45) is 0 Å². The molecule has 14 rings (SSSR count). The fraction of sp³-hybridized carbons (Fsp3) is 0.432. The topological polar surface area (TPSA) is 9.72 Å². The van der Waals surface area contributed by atoms with Crippen LogP contribution in [0.2, 0.25) is 0 Å². The van der Waals surface area contributed by atoms with Crippen LogP contribution in [0.25, 0.3) is 31.3 Å². The van der Waals surface area contributed by atoms with Gasteiger partial charge < -0.3 is 14.7 Å². The van der Waals surface area contributed by atoms with Crippen molar-refractivity contribution in [2.75, 3.05) is 14.7 Å². The highest BCUT2D eigenvalue weighted by atomic mass is 32.1. The van der Waals surface area contributed by atoms with Crippen molar-refractivity contribution in [3.05, 3.63) is 155 Å². The largest absolute Gasteiger partial charge is 0.335 e. The van der Waals surface area contributed by atoms with Crippen LogP contribution < -0.4 is 31.1 Å². The van der Waals surface area contributed by atoms with Gasteiger partial charge in [0.25, 0.3) is 6.71 Å². The summed E-state index contributed by atoms with van der Waals surface area (Å²) in [7, 11) is 0. The van der Waals surface area contributed by atoms with Gasteiger partial charge in [-0.05, 0) is 170 Å². The fourth-order valence-corrected chi connectivity index (χ4v) is 17.6. The first kappa shape index (κ1) is 51.4. The molecule has 0 bridgehead atoms. The minimum absolute atomic E-state index is 0.0138. The molecule has 79 heavy (non-hydrogen) atoms. The van der Waals surface area contributed by atoms with Crippen molar-refractivity contribution in [1.82, 2.24) is 0 Å². The molecule has 4 unspecified atom stereocenters. The molecule has 4 atom stereocenters. The minimum Gasteiger partial charge on any atom is -0.335 e. The molecule has 0 amide bonds. The third-order valence-corrected chi connectivity index (χ3v) is 22.9. The normalized spacial score (nSPS) is 24.2. The zero-order valence-corrected chi connectivity index (χ0v) is 51.3. The Morgan fingerprint density at radius 3 is 1.63 bits per heavy atom. The summed E-state index contributed by atoms with van der Waals surface area (Å²) in [5.41, 5.74) is 24.8. The van der Waals surface area contributed by atoms with E-state index in [-0.39, 0.29) is 50.3 Å². The second kappa shape index (κ2) is 16.5. The third kappa shape index (κ3) is 7.02. The van der Waals surface area contributed by atoms with Crippen LogP contribution in [0.5, 0.6) is 0 Å². The van der Waals surface area contributed by atoms with E-state index < -0.39 is 0 Å². The van der Waals surface area contributed by atoms with E-state index in [2.05, 4.69) is 247 Å². The first-order chi connectivity index (χ1) is 37.2. The van der Waals surface area contributed by atoms with Crippen molar-refractivity contribution in [1.29, 1.82) is 0 Å². The van der Waals surface area contributed by atoms with E-state index in [0.29, 0.717) is 0 Å². The van der Waals surface area contributed by atoms with Gasteiger partial charge in [0, 0.05) is 65.3 Å². The molecule has 8 aromatic rings. The van der Waals surface area contributed by atoms with E-state index in [1.54, 1.807) is 5.56 Å². The van der Waals surface area contributed by atoms with Crippen LogP contribution in [0.15, 0.2) is 121 Å². The van der Waals surface area contributed by atoms with Crippen molar-refractivity contribution >= 4 is 94.4 Å². The molecular formula is C74H84BN3S. The van der Waals surface area contributed by atoms with Gasteiger partial charge in [0.1, 0.15) is 0 Å². The molecular weight excluding hydrogens is 974 g/mol. The zero-order chi connectivity index (χ0) is 55.5. The average Bonchev–Trinajstić information content (AvgIpc) is 1.88. The van der Waals surface area contributed by atoms with Crippen molar-refractivity contribution < 1.29 is 0 Å². The maximum Gasteiger partial charge on any atom is 0.252 e. The predicted molar refractivity (Wildman–Crippen MR) is 345 cm³/mol. The van der Waals surface area contributed by atoms with Gasteiger partial charge in [-0.1, -0.05) is 195 Å². The Morgan fingerprint density at radius 2 is 0.975 bits per heavy atom. The Hall–Kier alpha value is -5.78. The molecule has 0 spiro atoms. The number of rotatable bonds is 3. The van der Waals surface area contributed by atoms with Gasteiger partial charge in [-0.25, -0.2) is 0 Å². The van der Waals surface area contributed by atoms with Gasteiger partial charge in [0.15, 0.2) is 0 Å². The number of hydrogen-bond donors (Lipinski definition) is 0. The Labute approximate surface area is 477 Å². The highest BCUT2D eigenvalue weighted by Crippen LogP contribution is 2.65. The van der Waals surface area contributed by atoms with Crippen LogP contribution in [0.1, 0.15) is 196 Å². The summed E-state index contributed by atoms with van der Waals surface area (Å²) in [6.45, 7) is 39.3. The highest BCUT2D eigenvalue weighted by molar-refractivity contribution is 7.26. The Kier molecular flexibility index (Phi) is 10.7. The molecule has 1 aromatic heterocycles. The summed E-state index contributed by atoms with van der Waals surface area (Å²) in [6, 6.07) is 49.9. The van der Waals surface area contributed by atoms with Crippen molar-refractivity contribution in [2.45, 2.75) is 206 Å². The van der Waals surface area contributed by atoms with E-state index in [1.165, 1.54) is 154 Å². The van der Waals surface area contributed by atoms with Gasteiger partial charge in [0.2, 0.25) is 0 Å². The number of fused-ring (bicyclic) bond motifs is 13. The summed E-state index contributed by atoms with van der Waals surface area (Å²) in [5.74, 6) is 0. The lowest BCUT2D eigenvalue weighted by atomic mass is 9.33. The van der Waals surface area contributed by atoms with E-state index in [4.69, 9.17) is 0 Å². The van der Waals surface area contributed by atoms with Crippen LogP contribution in [0.4, 0.5) is 39.8 Å². The molecule has 5 heterocycles. The summed E-state index contributed by atoms with van der Waals surface area (Å²) >= 11 is 1.97. The van der Waals surface area contributed by atoms with E-state index in [1.807, 2.05) is 11.3 Å². The molecule has 3 nitrogen and oxygen atoms in total. The third-order valence-electron chi connectivity index (χ3n) is 21.8. The van der Waals surface area contributed by atoms with Crippen LogP contribution in [0, 0.1) is 0 Å². The van der Waals surface area contributed by atoms with Crippen molar-refractivity contribution in [3.63, 3.8) is 0 Å². The van der Waals surface area contributed by atoms with E-state index in [0.717, 1.165) is 12.8 Å². The predicted octanol–water partition coefficient (Wildman–Crippen LogP) is 19.0. The van der Waals surface area contributed by atoms with Crippen LogP contribution in [-0.4, -0.2) is 17.8 Å². The second-order valence-corrected chi connectivity index (χ2v) is 31.6. The lowest BCUT2D eigenvalue weighted by molar-refractivity contribution is 0.194. The van der Waals surface area contributed by atoms with Gasteiger partial charge in [-0.15, -0.1) is 11.3 Å². The molecule has 0 saturated heterocycles. The van der Waals surface area contributed by atoms with E-state index in [9.17, 15) is 0 Å². The van der Waals surface area contributed by atoms with Gasteiger partial charge >= 0.3 is 0 Å². The molecule has 6 aliphatic rings. The minimum atomic E-state index is -0.131. The lowest BCUT2D eigenvalue weighted by Gasteiger charge is -2.54. The van der Waals surface area contributed by atoms with E-state index >= 15 is 0 Å².